The molecule has 8 heteroatoms. The van der Waals surface area contributed by atoms with E-state index in [0.717, 1.165) is 16.6 Å². The van der Waals surface area contributed by atoms with Crippen LogP contribution in [-0.4, -0.2) is 55.0 Å². The summed E-state index contributed by atoms with van der Waals surface area (Å²) in [6.45, 7) is 4.22. The lowest BCUT2D eigenvalue weighted by atomic mass is 9.99. The molecule has 8 nitrogen and oxygen atoms in total. The van der Waals surface area contributed by atoms with Crippen LogP contribution in [0, 0.1) is 18.8 Å². The van der Waals surface area contributed by atoms with Crippen molar-refractivity contribution in [3.8, 4) is 5.69 Å². The number of carboxylic acid groups (broad SMARTS) is 1. The van der Waals surface area contributed by atoms with Gasteiger partial charge in [-0.15, -0.1) is 5.10 Å². The Bertz CT molecular complexity index is 1040. The monoisotopic (exact) mass is 365 g/mol. The van der Waals surface area contributed by atoms with Gasteiger partial charge in [0.15, 0.2) is 5.69 Å². The minimum Gasteiger partial charge on any atom is -0.481 e. The Labute approximate surface area is 155 Å². The van der Waals surface area contributed by atoms with Gasteiger partial charge in [-0.2, -0.15) is 0 Å². The molecule has 2 atom stereocenters. The maximum absolute atomic E-state index is 12.9. The van der Waals surface area contributed by atoms with Crippen LogP contribution in [0.2, 0.25) is 0 Å². The average Bonchev–Trinajstić information content (AvgIpc) is 3.24. The van der Waals surface area contributed by atoms with E-state index in [9.17, 15) is 14.7 Å². The Morgan fingerprint density at radius 3 is 2.70 bits per heavy atom. The highest BCUT2D eigenvalue weighted by Gasteiger charge is 2.38. The lowest BCUT2D eigenvalue weighted by Gasteiger charge is -2.14. The van der Waals surface area contributed by atoms with E-state index >= 15 is 0 Å². The topological polar surface area (TPSA) is 101 Å². The minimum atomic E-state index is -0.875. The number of rotatable bonds is 3. The van der Waals surface area contributed by atoms with Crippen molar-refractivity contribution in [2.75, 3.05) is 13.1 Å². The first-order chi connectivity index (χ1) is 13.0. The highest BCUT2D eigenvalue weighted by Crippen LogP contribution is 2.26. The van der Waals surface area contributed by atoms with E-state index < -0.39 is 11.9 Å². The van der Waals surface area contributed by atoms with Gasteiger partial charge in [0.25, 0.3) is 5.91 Å². The molecule has 1 N–H and O–H groups in total. The van der Waals surface area contributed by atoms with Gasteiger partial charge in [-0.1, -0.05) is 30.3 Å². The maximum Gasteiger partial charge on any atom is 0.308 e. The van der Waals surface area contributed by atoms with E-state index in [1.807, 2.05) is 37.3 Å². The zero-order valence-electron chi connectivity index (χ0n) is 15.0. The number of amides is 1. The van der Waals surface area contributed by atoms with E-state index in [1.165, 1.54) is 0 Å². The van der Waals surface area contributed by atoms with Crippen molar-refractivity contribution in [2.45, 2.75) is 13.8 Å². The Hall–Kier alpha value is -3.29. The zero-order chi connectivity index (χ0) is 19.1. The summed E-state index contributed by atoms with van der Waals surface area (Å²) in [6, 6.07) is 9.57. The quantitative estimate of drug-likeness (QED) is 0.761. The summed E-state index contributed by atoms with van der Waals surface area (Å²) in [6.07, 6.45) is 1.71. The van der Waals surface area contributed by atoms with Gasteiger partial charge in [0.2, 0.25) is 0 Å². The van der Waals surface area contributed by atoms with Crippen LogP contribution >= 0.6 is 0 Å². The maximum atomic E-state index is 12.9. The van der Waals surface area contributed by atoms with Crippen molar-refractivity contribution in [2.24, 2.45) is 11.8 Å². The highest BCUT2D eigenvalue weighted by atomic mass is 16.4. The van der Waals surface area contributed by atoms with E-state index in [1.54, 1.807) is 22.7 Å². The molecule has 0 bridgehead atoms. The summed E-state index contributed by atoms with van der Waals surface area (Å²) in [5.74, 6) is -1.81. The Kier molecular flexibility index (Phi) is 4.10. The zero-order valence-corrected chi connectivity index (χ0v) is 15.0. The fourth-order valence-corrected chi connectivity index (χ4v) is 3.62. The first-order valence-corrected chi connectivity index (χ1v) is 8.76. The summed E-state index contributed by atoms with van der Waals surface area (Å²) in [4.78, 5) is 30.2. The van der Waals surface area contributed by atoms with Crippen LogP contribution < -0.4 is 0 Å². The molecule has 1 aliphatic heterocycles. The van der Waals surface area contributed by atoms with E-state index in [-0.39, 0.29) is 24.1 Å². The molecule has 0 spiro atoms. The summed E-state index contributed by atoms with van der Waals surface area (Å²) in [5.41, 5.74) is 2.36. The normalized spacial score (nSPS) is 19.6. The number of para-hydroxylation sites is 1. The van der Waals surface area contributed by atoms with Crippen LogP contribution in [0.4, 0.5) is 0 Å². The van der Waals surface area contributed by atoms with E-state index in [4.69, 9.17) is 0 Å². The standard InChI is InChI=1S/C19H19N5O3/c1-11-9-23(10-14(11)19(26)27)18(25)16-12(2)24(22-21-16)15-7-3-5-13-6-4-8-20-17(13)15/h3-8,11,14H,9-10H2,1-2H3,(H,26,27)/t11-,14-/m1/s1. The summed E-state index contributed by atoms with van der Waals surface area (Å²) in [7, 11) is 0. The number of benzene rings is 1. The van der Waals surface area contributed by atoms with Crippen LogP contribution in [0.25, 0.3) is 16.6 Å². The molecule has 3 aromatic rings. The number of carbonyl (C=O) groups excluding carboxylic acids is 1. The number of likely N-dealkylation sites (tertiary alicyclic amines) is 1. The van der Waals surface area contributed by atoms with Crippen molar-refractivity contribution in [1.29, 1.82) is 0 Å². The molecule has 1 fully saturated rings. The first kappa shape index (κ1) is 17.1. The molecule has 27 heavy (non-hydrogen) atoms. The van der Waals surface area contributed by atoms with Crippen molar-refractivity contribution in [1.82, 2.24) is 24.9 Å². The molecule has 0 unspecified atom stereocenters. The van der Waals surface area contributed by atoms with Gasteiger partial charge < -0.3 is 10.0 Å². The molecule has 2 aromatic heterocycles. The first-order valence-electron chi connectivity index (χ1n) is 8.76. The average molecular weight is 365 g/mol. The highest BCUT2D eigenvalue weighted by molar-refractivity contribution is 5.94. The number of carbonyl (C=O) groups is 2. The second kappa shape index (κ2) is 6.46. The van der Waals surface area contributed by atoms with Crippen molar-refractivity contribution in [3.63, 3.8) is 0 Å². The van der Waals surface area contributed by atoms with Gasteiger partial charge >= 0.3 is 5.97 Å². The van der Waals surface area contributed by atoms with Crippen molar-refractivity contribution in [3.05, 3.63) is 47.9 Å². The number of hydrogen-bond acceptors (Lipinski definition) is 5. The van der Waals surface area contributed by atoms with Gasteiger partial charge in [0.1, 0.15) is 0 Å². The van der Waals surface area contributed by atoms with Crippen LogP contribution in [0.1, 0.15) is 23.1 Å². The fraction of sp³-hybridized carbons (Fsp3) is 0.316. The van der Waals surface area contributed by atoms with E-state index in [0.29, 0.717) is 12.2 Å². The lowest BCUT2D eigenvalue weighted by Crippen LogP contribution is -2.30. The number of carboxylic acids is 1. The van der Waals surface area contributed by atoms with Crippen LogP contribution in [0.15, 0.2) is 36.5 Å². The van der Waals surface area contributed by atoms with Gasteiger partial charge in [-0.3, -0.25) is 14.6 Å². The van der Waals surface area contributed by atoms with Crippen LogP contribution in [-0.2, 0) is 4.79 Å². The van der Waals surface area contributed by atoms with Crippen LogP contribution in [0.3, 0.4) is 0 Å². The van der Waals surface area contributed by atoms with Gasteiger partial charge in [0, 0.05) is 24.7 Å². The van der Waals surface area contributed by atoms with E-state index in [2.05, 4.69) is 15.3 Å². The predicted octanol–water partition coefficient (Wildman–Crippen LogP) is 1.92. The summed E-state index contributed by atoms with van der Waals surface area (Å²) >= 11 is 0. The second-order valence-electron chi connectivity index (χ2n) is 6.92. The van der Waals surface area contributed by atoms with Crippen LogP contribution in [0.5, 0.6) is 0 Å². The third-order valence-corrected chi connectivity index (χ3v) is 5.15. The molecule has 1 aromatic carbocycles. The third kappa shape index (κ3) is 2.83. The van der Waals surface area contributed by atoms with Crippen molar-refractivity contribution < 1.29 is 14.7 Å². The van der Waals surface area contributed by atoms with Crippen molar-refractivity contribution >= 4 is 22.8 Å². The largest absolute Gasteiger partial charge is 0.481 e. The number of fused-ring (bicyclic) bond motifs is 1. The molecule has 0 radical (unpaired) electrons. The van der Waals surface area contributed by atoms with Gasteiger partial charge in [-0.05, 0) is 25.0 Å². The van der Waals surface area contributed by atoms with Gasteiger partial charge in [0.05, 0.1) is 22.8 Å². The number of aliphatic carboxylic acids is 1. The molecule has 0 aliphatic carbocycles. The second-order valence-corrected chi connectivity index (χ2v) is 6.92. The molecule has 4 rings (SSSR count). The molecular weight excluding hydrogens is 346 g/mol. The van der Waals surface area contributed by atoms with Gasteiger partial charge in [-0.25, -0.2) is 4.68 Å². The molecule has 1 amide bonds. The minimum absolute atomic E-state index is 0.0935. The summed E-state index contributed by atoms with van der Waals surface area (Å²) < 4.78 is 1.61. The predicted molar refractivity (Wildman–Crippen MR) is 97.6 cm³/mol. The Morgan fingerprint density at radius 1 is 1.19 bits per heavy atom. The number of hydrogen-bond donors (Lipinski definition) is 1. The molecule has 0 saturated carbocycles. The Balaban J connectivity index is 1.69. The number of pyridine rings is 1. The Morgan fingerprint density at radius 2 is 1.96 bits per heavy atom. The lowest BCUT2D eigenvalue weighted by molar-refractivity contribution is -0.142. The number of nitrogens with zero attached hydrogens (tertiary/aromatic N) is 5. The SMILES string of the molecule is Cc1c(C(=O)N2C[C@@H](C)[C@H](C(=O)O)C2)nnn1-c1cccc2cccnc12. The number of aromatic nitrogens is 4. The fourth-order valence-electron chi connectivity index (χ4n) is 3.62. The molecule has 3 heterocycles. The smallest absolute Gasteiger partial charge is 0.308 e. The molecule has 1 saturated heterocycles. The third-order valence-electron chi connectivity index (χ3n) is 5.15. The summed E-state index contributed by atoms with van der Waals surface area (Å²) in [5, 5.41) is 18.5. The molecule has 1 aliphatic rings. The molecule has 138 valence electrons. The molecular formula is C19H19N5O3.